The van der Waals surface area contributed by atoms with E-state index in [1.165, 1.54) is 12.8 Å². The number of hydrogen-bond donors (Lipinski definition) is 1. The Hall–Kier alpha value is -1.58. The zero-order valence-corrected chi connectivity index (χ0v) is 11.2. The molecule has 1 aromatic carbocycles. The van der Waals surface area contributed by atoms with Crippen molar-refractivity contribution in [1.29, 1.82) is 0 Å². The first-order valence-electron chi connectivity index (χ1n) is 6.42. The first-order valence-corrected chi connectivity index (χ1v) is 6.42. The normalized spacial score (nSPS) is 21.8. The largest absolute Gasteiger partial charge is 0.376 e. The molecule has 0 saturated heterocycles. The van der Waals surface area contributed by atoms with E-state index >= 15 is 0 Å². The fraction of sp³-hybridized carbons (Fsp3) is 0.571. The number of nitro groups is 1. The van der Waals surface area contributed by atoms with Crippen molar-refractivity contribution in [3.05, 3.63) is 33.9 Å². The number of aryl methyl sites for hydroxylation is 1. The van der Waals surface area contributed by atoms with E-state index < -0.39 is 0 Å². The van der Waals surface area contributed by atoms with E-state index in [1.807, 2.05) is 6.07 Å². The second kappa shape index (κ2) is 4.59. The lowest BCUT2D eigenvalue weighted by Crippen LogP contribution is -2.31. The minimum absolute atomic E-state index is 0.206. The maximum absolute atomic E-state index is 11.1. The summed E-state index contributed by atoms with van der Waals surface area (Å²) in [4.78, 5) is 10.9. The topological polar surface area (TPSA) is 55.2 Å². The molecular formula is C14H20N2O2. The van der Waals surface area contributed by atoms with Crippen molar-refractivity contribution >= 4 is 11.4 Å². The summed E-state index contributed by atoms with van der Waals surface area (Å²) < 4.78 is 0. The summed E-state index contributed by atoms with van der Waals surface area (Å²) in [6, 6.07) is 5.77. The van der Waals surface area contributed by atoms with Gasteiger partial charge in [-0.3, -0.25) is 10.1 Å². The van der Waals surface area contributed by atoms with Gasteiger partial charge in [-0.15, -0.1) is 0 Å². The molecule has 0 aromatic heterocycles. The predicted octanol–water partition coefficient (Wildman–Crippen LogP) is 3.89. The Balaban J connectivity index is 2.29. The number of nitro benzene ring substituents is 1. The van der Waals surface area contributed by atoms with E-state index in [0.717, 1.165) is 6.42 Å². The van der Waals surface area contributed by atoms with Crippen molar-refractivity contribution in [3.8, 4) is 0 Å². The van der Waals surface area contributed by atoms with Crippen LogP contribution in [0.5, 0.6) is 0 Å². The summed E-state index contributed by atoms with van der Waals surface area (Å²) in [6.07, 6.45) is 3.44. The molecule has 1 aliphatic rings. The average Bonchev–Trinajstić information content (AvgIpc) is 2.58. The van der Waals surface area contributed by atoms with E-state index in [4.69, 9.17) is 0 Å². The van der Waals surface area contributed by atoms with Crippen LogP contribution in [-0.4, -0.2) is 11.0 Å². The van der Waals surface area contributed by atoms with Crippen LogP contribution in [0.4, 0.5) is 11.4 Å². The van der Waals surface area contributed by atoms with Gasteiger partial charge in [0.05, 0.1) is 4.92 Å². The standard InChI is InChI=1S/C14H20N2O2/c1-10-6-4-7-11(13(10)16(17)18)15-12-8-5-9-14(12,2)3/h4,6-7,12,15H,5,8-9H2,1-3H3. The number of para-hydroxylation sites is 1. The second-order valence-corrected chi connectivity index (χ2v) is 5.81. The van der Waals surface area contributed by atoms with Crippen LogP contribution in [0.1, 0.15) is 38.7 Å². The van der Waals surface area contributed by atoms with Crippen molar-refractivity contribution in [2.75, 3.05) is 5.32 Å². The molecule has 0 spiro atoms. The van der Waals surface area contributed by atoms with Gasteiger partial charge in [-0.05, 0) is 31.2 Å². The third-order valence-electron chi connectivity index (χ3n) is 4.01. The summed E-state index contributed by atoms with van der Waals surface area (Å²) in [5.41, 5.74) is 1.78. The lowest BCUT2D eigenvalue weighted by atomic mass is 9.87. The van der Waals surface area contributed by atoms with Gasteiger partial charge in [-0.25, -0.2) is 0 Å². The summed E-state index contributed by atoms with van der Waals surface area (Å²) in [5, 5.41) is 14.5. The van der Waals surface area contributed by atoms with Crippen LogP contribution < -0.4 is 5.32 Å². The van der Waals surface area contributed by atoms with E-state index in [1.54, 1.807) is 19.1 Å². The molecule has 0 amide bonds. The van der Waals surface area contributed by atoms with Crippen molar-refractivity contribution in [1.82, 2.24) is 0 Å². The Bertz CT molecular complexity index is 469. The maximum Gasteiger partial charge on any atom is 0.295 e. The quantitative estimate of drug-likeness (QED) is 0.652. The molecule has 4 heteroatoms. The molecule has 98 valence electrons. The number of hydrogen-bond acceptors (Lipinski definition) is 3. The summed E-state index contributed by atoms with van der Waals surface area (Å²) in [7, 11) is 0. The molecule has 18 heavy (non-hydrogen) atoms. The third-order valence-corrected chi connectivity index (χ3v) is 4.01. The van der Waals surface area contributed by atoms with Crippen LogP contribution in [0.15, 0.2) is 18.2 Å². The van der Waals surface area contributed by atoms with Crippen LogP contribution in [0.3, 0.4) is 0 Å². The average molecular weight is 248 g/mol. The highest BCUT2D eigenvalue weighted by Gasteiger charge is 2.35. The van der Waals surface area contributed by atoms with Gasteiger partial charge in [-0.2, -0.15) is 0 Å². The van der Waals surface area contributed by atoms with Crippen LogP contribution in [0.2, 0.25) is 0 Å². The molecule has 1 unspecified atom stereocenters. The Kier molecular flexibility index (Phi) is 3.28. The summed E-state index contributed by atoms with van der Waals surface area (Å²) >= 11 is 0. The molecule has 0 bridgehead atoms. The first kappa shape index (κ1) is 12.9. The number of nitrogens with zero attached hydrogens (tertiary/aromatic N) is 1. The minimum atomic E-state index is -0.292. The van der Waals surface area contributed by atoms with Gasteiger partial charge in [0.25, 0.3) is 5.69 Å². The van der Waals surface area contributed by atoms with Crippen molar-refractivity contribution in [2.24, 2.45) is 5.41 Å². The van der Waals surface area contributed by atoms with Crippen LogP contribution in [0, 0.1) is 22.5 Å². The Labute approximate surface area is 108 Å². The van der Waals surface area contributed by atoms with Crippen molar-refractivity contribution in [2.45, 2.75) is 46.1 Å². The van der Waals surface area contributed by atoms with Gasteiger partial charge in [0.2, 0.25) is 0 Å². The zero-order chi connectivity index (χ0) is 13.3. The fourth-order valence-corrected chi connectivity index (χ4v) is 2.80. The fourth-order valence-electron chi connectivity index (χ4n) is 2.80. The summed E-state index contributed by atoms with van der Waals surface area (Å²) in [6.45, 7) is 6.22. The Morgan fingerprint density at radius 2 is 2.17 bits per heavy atom. The molecule has 1 aliphatic carbocycles. The van der Waals surface area contributed by atoms with Crippen molar-refractivity contribution < 1.29 is 4.92 Å². The van der Waals surface area contributed by atoms with Crippen LogP contribution in [0.25, 0.3) is 0 Å². The lowest BCUT2D eigenvalue weighted by molar-refractivity contribution is -0.384. The zero-order valence-electron chi connectivity index (χ0n) is 11.2. The molecule has 2 rings (SSSR count). The number of nitrogens with one attached hydrogen (secondary N) is 1. The van der Waals surface area contributed by atoms with Gasteiger partial charge in [0, 0.05) is 11.6 Å². The van der Waals surface area contributed by atoms with E-state index in [2.05, 4.69) is 19.2 Å². The molecule has 1 aromatic rings. The first-order chi connectivity index (χ1) is 8.42. The highest BCUT2D eigenvalue weighted by molar-refractivity contribution is 5.65. The SMILES string of the molecule is Cc1cccc(NC2CCCC2(C)C)c1[N+](=O)[O-]. The van der Waals surface area contributed by atoms with Crippen LogP contribution in [-0.2, 0) is 0 Å². The lowest BCUT2D eigenvalue weighted by Gasteiger charge is -2.28. The molecule has 0 aliphatic heterocycles. The van der Waals surface area contributed by atoms with Crippen LogP contribution >= 0.6 is 0 Å². The molecule has 4 nitrogen and oxygen atoms in total. The van der Waals surface area contributed by atoms with E-state index in [9.17, 15) is 10.1 Å². The van der Waals surface area contributed by atoms with E-state index in [-0.39, 0.29) is 16.0 Å². The maximum atomic E-state index is 11.1. The van der Waals surface area contributed by atoms with Gasteiger partial charge in [0.15, 0.2) is 0 Å². The van der Waals surface area contributed by atoms with Crippen molar-refractivity contribution in [3.63, 3.8) is 0 Å². The monoisotopic (exact) mass is 248 g/mol. The number of anilines is 1. The smallest absolute Gasteiger partial charge is 0.295 e. The number of benzene rings is 1. The van der Waals surface area contributed by atoms with Gasteiger partial charge >= 0.3 is 0 Å². The third kappa shape index (κ3) is 2.33. The molecule has 1 N–H and O–H groups in total. The minimum Gasteiger partial charge on any atom is -0.376 e. The predicted molar refractivity (Wildman–Crippen MR) is 72.9 cm³/mol. The highest BCUT2D eigenvalue weighted by Crippen LogP contribution is 2.40. The second-order valence-electron chi connectivity index (χ2n) is 5.81. The Morgan fingerprint density at radius 1 is 1.44 bits per heavy atom. The molecule has 1 fully saturated rings. The molecule has 0 heterocycles. The van der Waals surface area contributed by atoms with E-state index in [0.29, 0.717) is 17.3 Å². The Morgan fingerprint density at radius 3 is 2.72 bits per heavy atom. The highest BCUT2D eigenvalue weighted by atomic mass is 16.6. The van der Waals surface area contributed by atoms with Gasteiger partial charge in [0.1, 0.15) is 5.69 Å². The summed E-state index contributed by atoms with van der Waals surface area (Å²) in [5.74, 6) is 0. The van der Waals surface area contributed by atoms with Gasteiger partial charge in [-0.1, -0.05) is 32.4 Å². The molecule has 1 saturated carbocycles. The molecule has 0 radical (unpaired) electrons. The van der Waals surface area contributed by atoms with Gasteiger partial charge < -0.3 is 5.32 Å². The molecular weight excluding hydrogens is 228 g/mol. The number of rotatable bonds is 3. The molecule has 1 atom stereocenters.